The average Bonchev–Trinajstić information content (AvgIpc) is 2.36. The number of benzene rings is 1. The van der Waals surface area contributed by atoms with Crippen molar-refractivity contribution in [2.24, 2.45) is 0 Å². The molecule has 0 bridgehead atoms. The third kappa shape index (κ3) is 2.69. The summed E-state index contributed by atoms with van der Waals surface area (Å²) in [5.41, 5.74) is 0.898. The Labute approximate surface area is 105 Å². The molecule has 0 heterocycles. The minimum Gasteiger partial charge on any atom is -0.495 e. The minimum absolute atomic E-state index is 0.132. The molecular formula is C12H12ClNO3. The lowest BCUT2D eigenvalue weighted by Gasteiger charge is -2.11. The van der Waals surface area contributed by atoms with Crippen molar-refractivity contribution in [3.05, 3.63) is 28.8 Å². The molecule has 0 aliphatic heterocycles. The zero-order chi connectivity index (χ0) is 12.8. The zero-order valence-electron chi connectivity index (χ0n) is 9.62. The zero-order valence-corrected chi connectivity index (χ0v) is 10.4. The van der Waals surface area contributed by atoms with Crippen molar-refractivity contribution in [3.8, 4) is 11.8 Å². The van der Waals surface area contributed by atoms with Crippen molar-refractivity contribution in [2.45, 2.75) is 12.8 Å². The lowest BCUT2D eigenvalue weighted by Crippen LogP contribution is -2.11. The molecule has 5 heteroatoms. The summed E-state index contributed by atoms with van der Waals surface area (Å²) in [6.07, 6.45) is 0. The average molecular weight is 254 g/mol. The van der Waals surface area contributed by atoms with Crippen LogP contribution >= 0.6 is 11.6 Å². The Bertz CT molecular complexity index is 466. The summed E-state index contributed by atoms with van der Waals surface area (Å²) in [5, 5.41) is 9.09. The van der Waals surface area contributed by atoms with Gasteiger partial charge in [0, 0.05) is 5.88 Å². The van der Waals surface area contributed by atoms with Gasteiger partial charge in [0.2, 0.25) is 0 Å². The molecule has 0 N–H and O–H groups in total. The molecule has 0 spiro atoms. The lowest BCUT2D eigenvalue weighted by atomic mass is 10.0. The van der Waals surface area contributed by atoms with Gasteiger partial charge in [0.15, 0.2) is 0 Å². The Morgan fingerprint density at radius 2 is 2.24 bits per heavy atom. The van der Waals surface area contributed by atoms with Crippen molar-refractivity contribution < 1.29 is 14.3 Å². The summed E-state index contributed by atoms with van der Waals surface area (Å²) in [5.74, 6) is -0.0877. The van der Waals surface area contributed by atoms with E-state index >= 15 is 0 Å². The second-order valence-corrected chi connectivity index (χ2v) is 3.41. The van der Waals surface area contributed by atoms with Gasteiger partial charge in [-0.15, -0.1) is 11.6 Å². The second kappa shape index (κ2) is 6.12. The predicted octanol–water partition coefficient (Wildman–Crippen LogP) is 2.48. The summed E-state index contributed by atoms with van der Waals surface area (Å²) in [6, 6.07) is 5.21. The van der Waals surface area contributed by atoms with E-state index in [9.17, 15) is 4.79 Å². The molecule has 4 nitrogen and oxygen atoms in total. The van der Waals surface area contributed by atoms with Crippen LogP contribution in [0.15, 0.2) is 12.1 Å². The van der Waals surface area contributed by atoms with Crippen LogP contribution in [0.4, 0.5) is 0 Å². The predicted molar refractivity (Wildman–Crippen MR) is 63.2 cm³/mol. The van der Waals surface area contributed by atoms with Crippen molar-refractivity contribution in [2.75, 3.05) is 13.7 Å². The van der Waals surface area contributed by atoms with Gasteiger partial charge in [-0.1, -0.05) is 6.07 Å². The summed E-state index contributed by atoms with van der Waals surface area (Å²) in [7, 11) is 1.44. The molecule has 1 rings (SSSR count). The number of nitrogens with zero attached hydrogens (tertiary/aromatic N) is 1. The van der Waals surface area contributed by atoms with E-state index < -0.39 is 5.97 Å². The highest BCUT2D eigenvalue weighted by Gasteiger charge is 2.20. The van der Waals surface area contributed by atoms with E-state index in [0.717, 1.165) is 0 Å². The van der Waals surface area contributed by atoms with E-state index in [1.54, 1.807) is 19.1 Å². The molecule has 0 aliphatic carbocycles. The molecule has 0 radical (unpaired) electrons. The first-order valence-electron chi connectivity index (χ1n) is 5.02. The third-order valence-corrected chi connectivity index (χ3v) is 2.50. The molecule has 0 aliphatic rings. The molecule has 0 amide bonds. The van der Waals surface area contributed by atoms with Crippen LogP contribution in [0.2, 0.25) is 0 Å². The van der Waals surface area contributed by atoms with Gasteiger partial charge in [-0.25, -0.2) is 4.79 Å². The Hall–Kier alpha value is -1.73. The number of halogens is 1. The van der Waals surface area contributed by atoms with E-state index in [1.165, 1.54) is 7.11 Å². The molecule has 1 aromatic rings. The quantitative estimate of drug-likeness (QED) is 0.611. The first-order valence-corrected chi connectivity index (χ1v) is 5.56. The highest BCUT2D eigenvalue weighted by atomic mass is 35.5. The number of carbonyl (C=O) groups is 1. The Morgan fingerprint density at radius 1 is 1.53 bits per heavy atom. The number of ether oxygens (including phenoxy) is 2. The van der Waals surface area contributed by atoms with Crippen molar-refractivity contribution >= 4 is 17.6 Å². The number of rotatable bonds is 4. The van der Waals surface area contributed by atoms with Crippen LogP contribution in [0, 0.1) is 11.3 Å². The molecule has 0 unspecified atom stereocenters. The number of alkyl halides is 1. The second-order valence-electron chi connectivity index (χ2n) is 3.14. The number of hydrogen-bond acceptors (Lipinski definition) is 4. The van der Waals surface area contributed by atoms with Crippen LogP contribution in [0.3, 0.4) is 0 Å². The Morgan fingerprint density at radius 3 is 2.71 bits per heavy atom. The van der Waals surface area contributed by atoms with Crippen molar-refractivity contribution in [3.63, 3.8) is 0 Å². The Kier molecular flexibility index (Phi) is 4.80. The standard InChI is InChI=1S/C12H12ClNO3/c1-3-17-12(15)11-8(6-13)4-5-10(16-2)9(11)7-14/h4-5H,3,6H2,1-2H3. The monoisotopic (exact) mass is 253 g/mol. The summed E-state index contributed by atoms with van der Waals surface area (Å²) >= 11 is 5.74. The number of nitriles is 1. The van der Waals surface area contributed by atoms with Crippen LogP contribution in [-0.4, -0.2) is 19.7 Å². The van der Waals surface area contributed by atoms with Crippen LogP contribution in [0.1, 0.15) is 28.4 Å². The van der Waals surface area contributed by atoms with Crippen molar-refractivity contribution in [1.82, 2.24) is 0 Å². The molecule has 0 aromatic heterocycles. The SMILES string of the molecule is CCOC(=O)c1c(CCl)ccc(OC)c1C#N. The first kappa shape index (κ1) is 13.3. The lowest BCUT2D eigenvalue weighted by molar-refractivity contribution is 0.0524. The van der Waals surface area contributed by atoms with Crippen molar-refractivity contribution in [1.29, 1.82) is 5.26 Å². The van der Waals surface area contributed by atoms with Gasteiger partial charge in [-0.05, 0) is 18.6 Å². The van der Waals surface area contributed by atoms with Crippen LogP contribution < -0.4 is 4.74 Å². The van der Waals surface area contributed by atoms with Crippen LogP contribution in [0.5, 0.6) is 5.75 Å². The minimum atomic E-state index is -0.557. The molecular weight excluding hydrogens is 242 g/mol. The highest BCUT2D eigenvalue weighted by molar-refractivity contribution is 6.17. The topological polar surface area (TPSA) is 59.3 Å². The van der Waals surface area contributed by atoms with Gasteiger partial charge in [0.25, 0.3) is 0 Å². The van der Waals surface area contributed by atoms with Crippen LogP contribution in [0.25, 0.3) is 0 Å². The maximum absolute atomic E-state index is 11.8. The first-order chi connectivity index (χ1) is 8.19. The van der Waals surface area contributed by atoms with Gasteiger partial charge >= 0.3 is 5.97 Å². The van der Waals surface area contributed by atoms with E-state index in [2.05, 4.69) is 0 Å². The van der Waals surface area contributed by atoms with E-state index in [1.807, 2.05) is 6.07 Å². The van der Waals surface area contributed by atoms with E-state index in [0.29, 0.717) is 11.3 Å². The fourth-order valence-corrected chi connectivity index (χ4v) is 1.68. The number of carbonyl (C=O) groups excluding carboxylic acids is 1. The fourth-order valence-electron chi connectivity index (χ4n) is 1.46. The van der Waals surface area contributed by atoms with E-state index in [-0.39, 0.29) is 23.6 Å². The Balaban J connectivity index is 3.41. The third-order valence-electron chi connectivity index (χ3n) is 2.21. The number of esters is 1. The summed E-state index contributed by atoms with van der Waals surface area (Å²) in [6.45, 7) is 1.94. The summed E-state index contributed by atoms with van der Waals surface area (Å²) in [4.78, 5) is 11.8. The molecule has 17 heavy (non-hydrogen) atoms. The fraction of sp³-hybridized carbons (Fsp3) is 0.333. The molecule has 0 saturated carbocycles. The van der Waals surface area contributed by atoms with E-state index in [4.69, 9.17) is 26.3 Å². The molecule has 0 atom stereocenters. The molecule has 90 valence electrons. The summed E-state index contributed by atoms with van der Waals surface area (Å²) < 4.78 is 9.94. The van der Waals surface area contributed by atoms with Crippen LogP contribution in [-0.2, 0) is 10.6 Å². The largest absolute Gasteiger partial charge is 0.495 e. The molecule has 0 fully saturated rings. The highest BCUT2D eigenvalue weighted by Crippen LogP contribution is 2.26. The van der Waals surface area contributed by atoms with Gasteiger partial charge < -0.3 is 9.47 Å². The molecule has 1 aromatic carbocycles. The smallest absolute Gasteiger partial charge is 0.339 e. The maximum Gasteiger partial charge on any atom is 0.339 e. The van der Waals surface area contributed by atoms with Gasteiger partial charge in [0.05, 0.1) is 19.3 Å². The number of methoxy groups -OCH3 is 1. The van der Waals surface area contributed by atoms with Gasteiger partial charge in [-0.2, -0.15) is 5.26 Å². The maximum atomic E-state index is 11.8. The van der Waals surface area contributed by atoms with Gasteiger partial charge in [-0.3, -0.25) is 0 Å². The molecule has 0 saturated heterocycles. The van der Waals surface area contributed by atoms with Gasteiger partial charge in [0.1, 0.15) is 17.4 Å². The normalized spacial score (nSPS) is 9.53. The number of hydrogen-bond donors (Lipinski definition) is 0.